The van der Waals surface area contributed by atoms with E-state index < -0.39 is 0 Å². The fourth-order valence-electron chi connectivity index (χ4n) is 1.73. The van der Waals surface area contributed by atoms with Crippen LogP contribution < -0.4 is 4.74 Å². The van der Waals surface area contributed by atoms with Crippen LogP contribution in [0.15, 0.2) is 24.3 Å². The van der Waals surface area contributed by atoms with Crippen molar-refractivity contribution in [2.24, 2.45) is 0 Å². The second kappa shape index (κ2) is 7.01. The van der Waals surface area contributed by atoms with Gasteiger partial charge in [0, 0.05) is 24.8 Å². The third-order valence-electron chi connectivity index (χ3n) is 2.78. The largest absolute Gasteiger partial charge is 0.497 e. The van der Waals surface area contributed by atoms with Gasteiger partial charge in [0.05, 0.1) is 7.11 Å². The van der Waals surface area contributed by atoms with E-state index in [1.165, 1.54) is 0 Å². The second-order valence-electron chi connectivity index (χ2n) is 4.40. The van der Waals surface area contributed by atoms with E-state index in [-0.39, 0.29) is 18.6 Å². The molecule has 1 aromatic rings. The summed E-state index contributed by atoms with van der Waals surface area (Å²) in [4.78, 5) is 14.1. The molecule has 0 atom stereocenters. The van der Waals surface area contributed by atoms with Crippen LogP contribution in [0.2, 0.25) is 0 Å². The lowest BCUT2D eigenvalue weighted by atomic mass is 10.1. The third-order valence-corrected chi connectivity index (χ3v) is 2.78. The van der Waals surface area contributed by atoms with Crippen LogP contribution in [0.25, 0.3) is 0 Å². The van der Waals surface area contributed by atoms with E-state index in [0.717, 1.165) is 5.75 Å². The van der Waals surface area contributed by atoms with Gasteiger partial charge < -0.3 is 14.7 Å². The first kappa shape index (κ1) is 14.5. The van der Waals surface area contributed by atoms with Crippen molar-refractivity contribution in [1.82, 2.24) is 4.90 Å². The molecule has 4 nitrogen and oxygen atoms in total. The minimum atomic E-state index is -0.0129. The van der Waals surface area contributed by atoms with Crippen LogP contribution in [0.3, 0.4) is 0 Å². The number of carbonyl (C=O) groups excluding carboxylic acids is 1. The Morgan fingerprint density at radius 1 is 1.33 bits per heavy atom. The number of rotatable bonds is 6. The summed E-state index contributed by atoms with van der Waals surface area (Å²) in [7, 11) is 1.60. The predicted molar refractivity (Wildman–Crippen MR) is 70.9 cm³/mol. The Morgan fingerprint density at radius 3 is 2.39 bits per heavy atom. The van der Waals surface area contributed by atoms with Crippen LogP contribution in [-0.4, -0.2) is 42.2 Å². The highest BCUT2D eigenvalue weighted by atomic mass is 16.5. The van der Waals surface area contributed by atoms with Crippen molar-refractivity contribution in [1.29, 1.82) is 0 Å². The second-order valence-corrected chi connectivity index (χ2v) is 4.40. The number of nitrogens with zero attached hydrogens (tertiary/aromatic N) is 1. The van der Waals surface area contributed by atoms with Gasteiger partial charge in [0.15, 0.2) is 0 Å². The maximum Gasteiger partial charge on any atom is 0.254 e. The average Bonchev–Trinajstić information content (AvgIpc) is 2.38. The standard InChI is InChI=1S/C14H21NO3/c1-11(2)15(9-4-10-16)14(17)12-5-7-13(18-3)8-6-12/h5-8,11,16H,4,9-10H2,1-3H3. The fourth-order valence-corrected chi connectivity index (χ4v) is 1.73. The predicted octanol–water partition coefficient (Wildman–Crippen LogP) is 1.93. The Labute approximate surface area is 108 Å². The zero-order valence-electron chi connectivity index (χ0n) is 11.2. The summed E-state index contributed by atoms with van der Waals surface area (Å²) in [6.45, 7) is 4.61. The number of aliphatic hydroxyl groups excluding tert-OH is 1. The van der Waals surface area contributed by atoms with Crippen molar-refractivity contribution in [2.45, 2.75) is 26.3 Å². The molecule has 0 unspecified atom stereocenters. The van der Waals surface area contributed by atoms with Crippen molar-refractivity contribution in [3.05, 3.63) is 29.8 Å². The van der Waals surface area contributed by atoms with Gasteiger partial charge >= 0.3 is 0 Å². The van der Waals surface area contributed by atoms with Crippen LogP contribution in [0.4, 0.5) is 0 Å². The van der Waals surface area contributed by atoms with Crippen LogP contribution in [-0.2, 0) is 0 Å². The number of ether oxygens (including phenoxy) is 1. The number of hydrogen-bond acceptors (Lipinski definition) is 3. The lowest BCUT2D eigenvalue weighted by Crippen LogP contribution is -2.38. The fraction of sp³-hybridized carbons (Fsp3) is 0.500. The van der Waals surface area contributed by atoms with Crippen LogP contribution >= 0.6 is 0 Å². The quantitative estimate of drug-likeness (QED) is 0.840. The Morgan fingerprint density at radius 2 is 1.94 bits per heavy atom. The van der Waals surface area contributed by atoms with Crippen LogP contribution in [0.1, 0.15) is 30.6 Å². The third kappa shape index (κ3) is 3.74. The molecular formula is C14H21NO3. The summed E-state index contributed by atoms with van der Waals surface area (Å²) in [5, 5.41) is 8.86. The van der Waals surface area contributed by atoms with E-state index >= 15 is 0 Å². The summed E-state index contributed by atoms with van der Waals surface area (Å²) in [6, 6.07) is 7.19. The van der Waals surface area contributed by atoms with Crippen molar-refractivity contribution < 1.29 is 14.6 Å². The highest BCUT2D eigenvalue weighted by molar-refractivity contribution is 5.94. The van der Waals surface area contributed by atoms with Crippen LogP contribution in [0, 0.1) is 0 Å². The first-order valence-electron chi connectivity index (χ1n) is 6.16. The maximum absolute atomic E-state index is 12.3. The highest BCUT2D eigenvalue weighted by Gasteiger charge is 2.18. The molecule has 0 aliphatic carbocycles. The Kier molecular flexibility index (Phi) is 5.65. The molecule has 0 bridgehead atoms. The summed E-state index contributed by atoms with van der Waals surface area (Å²) in [5.41, 5.74) is 0.641. The molecule has 0 heterocycles. The molecule has 0 fully saturated rings. The van der Waals surface area contributed by atoms with Crippen LogP contribution in [0.5, 0.6) is 5.75 Å². The number of aliphatic hydroxyl groups is 1. The first-order chi connectivity index (χ1) is 8.60. The Bertz CT molecular complexity index is 373. The Balaban J connectivity index is 2.80. The first-order valence-corrected chi connectivity index (χ1v) is 6.16. The molecule has 0 saturated heterocycles. The number of hydrogen-bond donors (Lipinski definition) is 1. The van der Waals surface area contributed by atoms with E-state index in [9.17, 15) is 4.79 Å². The minimum Gasteiger partial charge on any atom is -0.497 e. The lowest BCUT2D eigenvalue weighted by Gasteiger charge is -2.26. The molecule has 1 N–H and O–H groups in total. The number of carbonyl (C=O) groups is 1. The number of methoxy groups -OCH3 is 1. The van der Waals surface area contributed by atoms with Crippen molar-refractivity contribution in [3.63, 3.8) is 0 Å². The topological polar surface area (TPSA) is 49.8 Å². The molecule has 0 aliphatic heterocycles. The number of amides is 1. The van der Waals surface area contributed by atoms with Gasteiger partial charge in [0.2, 0.25) is 0 Å². The van der Waals surface area contributed by atoms with Gasteiger partial charge in [-0.2, -0.15) is 0 Å². The van der Waals surface area contributed by atoms with E-state index in [1.807, 2.05) is 13.8 Å². The monoisotopic (exact) mass is 251 g/mol. The number of benzene rings is 1. The van der Waals surface area contributed by atoms with Gasteiger partial charge in [-0.15, -0.1) is 0 Å². The molecule has 1 aromatic carbocycles. The van der Waals surface area contributed by atoms with Crippen molar-refractivity contribution in [3.8, 4) is 5.75 Å². The molecule has 18 heavy (non-hydrogen) atoms. The zero-order valence-corrected chi connectivity index (χ0v) is 11.2. The van der Waals surface area contributed by atoms with Gasteiger partial charge in [-0.1, -0.05) is 0 Å². The van der Waals surface area contributed by atoms with E-state index in [4.69, 9.17) is 9.84 Å². The molecule has 0 aromatic heterocycles. The molecule has 0 spiro atoms. The van der Waals surface area contributed by atoms with Gasteiger partial charge in [0.1, 0.15) is 5.75 Å². The average molecular weight is 251 g/mol. The summed E-state index contributed by atoms with van der Waals surface area (Å²) in [5.74, 6) is 0.721. The van der Waals surface area contributed by atoms with Crippen molar-refractivity contribution in [2.75, 3.05) is 20.3 Å². The molecule has 4 heteroatoms. The summed E-state index contributed by atoms with van der Waals surface area (Å²) >= 11 is 0. The van der Waals surface area contributed by atoms with Gasteiger partial charge in [0.25, 0.3) is 5.91 Å². The lowest BCUT2D eigenvalue weighted by molar-refractivity contribution is 0.0693. The van der Waals surface area contributed by atoms with Crippen molar-refractivity contribution >= 4 is 5.91 Å². The molecule has 1 amide bonds. The molecule has 0 aliphatic rings. The molecule has 0 radical (unpaired) electrons. The summed E-state index contributed by atoms with van der Waals surface area (Å²) < 4.78 is 5.06. The van der Waals surface area contributed by atoms with E-state index in [2.05, 4.69) is 0 Å². The Hall–Kier alpha value is -1.55. The SMILES string of the molecule is COc1ccc(C(=O)N(CCCO)C(C)C)cc1. The molecular weight excluding hydrogens is 230 g/mol. The van der Waals surface area contributed by atoms with Gasteiger partial charge in [-0.25, -0.2) is 0 Å². The zero-order chi connectivity index (χ0) is 13.5. The molecule has 0 saturated carbocycles. The van der Waals surface area contributed by atoms with Gasteiger partial charge in [-0.3, -0.25) is 4.79 Å². The summed E-state index contributed by atoms with van der Waals surface area (Å²) in [6.07, 6.45) is 0.597. The highest BCUT2D eigenvalue weighted by Crippen LogP contribution is 2.14. The molecule has 1 rings (SSSR count). The minimum absolute atomic E-state index is 0.0129. The molecule has 100 valence electrons. The van der Waals surface area contributed by atoms with E-state index in [0.29, 0.717) is 18.5 Å². The normalized spacial score (nSPS) is 10.5. The smallest absolute Gasteiger partial charge is 0.254 e. The maximum atomic E-state index is 12.3. The van der Waals surface area contributed by atoms with E-state index in [1.54, 1.807) is 36.3 Å². The van der Waals surface area contributed by atoms with Gasteiger partial charge in [-0.05, 0) is 44.5 Å².